The van der Waals surface area contributed by atoms with Crippen molar-refractivity contribution < 1.29 is 23.5 Å². The number of halogens is 2. The minimum Gasteiger partial charge on any atom is -0.476 e. The lowest BCUT2D eigenvalue weighted by molar-refractivity contribution is 0.0675. The number of amides is 1. The smallest absolute Gasteiger partial charge is 0.358 e. The van der Waals surface area contributed by atoms with Gasteiger partial charge in [-0.05, 0) is 17.7 Å². The molecule has 2 aromatic rings. The Bertz CT molecular complexity index is 682. The fraction of sp³-hybridized carbons (Fsp3) is 0.167. The largest absolute Gasteiger partial charge is 0.476 e. The van der Waals surface area contributed by atoms with Crippen molar-refractivity contribution in [1.29, 1.82) is 0 Å². The summed E-state index contributed by atoms with van der Waals surface area (Å²) < 4.78 is 26.7. The second-order valence-corrected chi connectivity index (χ2v) is 4.15. The summed E-state index contributed by atoms with van der Waals surface area (Å²) in [4.78, 5) is 21.7. The molecule has 0 aliphatic rings. The van der Waals surface area contributed by atoms with Crippen LogP contribution in [0.3, 0.4) is 0 Å². The highest BCUT2D eigenvalue weighted by Gasteiger charge is 2.26. The molecule has 0 aliphatic carbocycles. The van der Waals surface area contributed by atoms with Gasteiger partial charge < -0.3 is 10.8 Å². The summed E-state index contributed by atoms with van der Waals surface area (Å²) in [5, 5.41) is 15.5. The number of primary amides is 1. The molecule has 0 bridgehead atoms. The van der Waals surface area contributed by atoms with Gasteiger partial charge in [0.15, 0.2) is 5.69 Å². The van der Waals surface area contributed by atoms with Crippen LogP contribution in [0.1, 0.15) is 38.5 Å². The van der Waals surface area contributed by atoms with Crippen molar-refractivity contribution >= 4 is 11.9 Å². The van der Waals surface area contributed by atoms with Gasteiger partial charge in [-0.15, -0.1) is 5.10 Å². The van der Waals surface area contributed by atoms with E-state index < -0.39 is 29.7 Å². The van der Waals surface area contributed by atoms with Gasteiger partial charge in [0, 0.05) is 5.56 Å². The molecule has 0 unspecified atom stereocenters. The molecule has 1 amide bonds. The molecule has 0 atom stereocenters. The molecule has 1 aromatic heterocycles. The van der Waals surface area contributed by atoms with E-state index in [4.69, 9.17) is 10.8 Å². The van der Waals surface area contributed by atoms with Crippen LogP contribution >= 0.6 is 0 Å². The Morgan fingerprint density at radius 2 is 1.90 bits per heavy atom. The number of nitrogens with two attached hydrogens (primary N) is 1. The Hall–Kier alpha value is -2.84. The van der Waals surface area contributed by atoms with Crippen LogP contribution in [-0.4, -0.2) is 32.0 Å². The summed E-state index contributed by atoms with van der Waals surface area (Å²) in [6, 6.07) is 5.90. The summed E-state index contributed by atoms with van der Waals surface area (Å²) in [6.45, 7) is -0.0982. The molecule has 3 N–H and O–H groups in total. The van der Waals surface area contributed by atoms with Gasteiger partial charge in [-0.2, -0.15) is 0 Å². The minimum absolute atomic E-state index is 0.0982. The summed E-state index contributed by atoms with van der Waals surface area (Å²) in [7, 11) is 0. The highest BCUT2D eigenvalue weighted by atomic mass is 19.3. The maximum atomic E-state index is 12.9. The van der Waals surface area contributed by atoms with Crippen molar-refractivity contribution in [3.63, 3.8) is 0 Å². The molecule has 0 aliphatic heterocycles. The molecule has 9 heteroatoms. The van der Waals surface area contributed by atoms with Gasteiger partial charge in [-0.1, -0.05) is 17.3 Å². The molecule has 0 spiro atoms. The zero-order chi connectivity index (χ0) is 15.6. The van der Waals surface area contributed by atoms with Crippen LogP contribution in [0.25, 0.3) is 0 Å². The van der Waals surface area contributed by atoms with Crippen molar-refractivity contribution in [2.75, 3.05) is 0 Å². The predicted octanol–water partition coefficient (Wildman–Crippen LogP) is 1.06. The molecule has 1 heterocycles. The molecular weight excluding hydrogens is 286 g/mol. The van der Waals surface area contributed by atoms with Crippen molar-refractivity contribution in [3.8, 4) is 0 Å². The lowest BCUT2D eigenvalue weighted by atomic mass is 10.1. The van der Waals surface area contributed by atoms with E-state index >= 15 is 0 Å². The van der Waals surface area contributed by atoms with Gasteiger partial charge in [0.1, 0.15) is 5.69 Å². The number of nitrogens with zero attached hydrogens (tertiary/aromatic N) is 3. The summed E-state index contributed by atoms with van der Waals surface area (Å²) in [5.74, 6) is -2.18. The molecule has 0 radical (unpaired) electrons. The van der Waals surface area contributed by atoms with E-state index in [-0.39, 0.29) is 12.1 Å². The van der Waals surface area contributed by atoms with Crippen molar-refractivity contribution in [3.05, 3.63) is 46.8 Å². The monoisotopic (exact) mass is 296 g/mol. The van der Waals surface area contributed by atoms with Crippen molar-refractivity contribution in [1.82, 2.24) is 15.0 Å². The fourth-order valence-electron chi connectivity index (χ4n) is 1.75. The summed E-state index contributed by atoms with van der Waals surface area (Å²) >= 11 is 0. The zero-order valence-electron chi connectivity index (χ0n) is 10.5. The number of carbonyl (C=O) groups is 2. The fourth-order valence-corrected chi connectivity index (χ4v) is 1.75. The Balaban J connectivity index is 2.31. The first-order valence-electron chi connectivity index (χ1n) is 5.73. The maximum absolute atomic E-state index is 12.9. The SMILES string of the molecule is NC(=O)c1ccc(Cn2nnc(C(=O)O)c2C(F)F)cc1. The van der Waals surface area contributed by atoms with Gasteiger partial charge >= 0.3 is 5.97 Å². The van der Waals surface area contributed by atoms with E-state index in [1.165, 1.54) is 24.3 Å². The van der Waals surface area contributed by atoms with Crippen LogP contribution in [0.5, 0.6) is 0 Å². The maximum Gasteiger partial charge on any atom is 0.358 e. The molecular formula is C12H10F2N4O3. The molecule has 7 nitrogen and oxygen atoms in total. The molecule has 0 saturated carbocycles. The predicted molar refractivity (Wildman–Crippen MR) is 66.0 cm³/mol. The van der Waals surface area contributed by atoms with Crippen LogP contribution in [0.2, 0.25) is 0 Å². The van der Waals surface area contributed by atoms with Crippen LogP contribution in [0.4, 0.5) is 8.78 Å². The molecule has 1 aromatic carbocycles. The Kier molecular flexibility index (Phi) is 3.92. The normalized spacial score (nSPS) is 10.8. The van der Waals surface area contributed by atoms with Gasteiger partial charge in [0.25, 0.3) is 6.43 Å². The van der Waals surface area contributed by atoms with Gasteiger partial charge in [0.05, 0.1) is 6.54 Å². The van der Waals surface area contributed by atoms with Crippen LogP contribution in [0.15, 0.2) is 24.3 Å². The standard InChI is InChI=1S/C12H10F2N4O3/c13-10(14)9-8(12(20)21)16-17-18(9)5-6-1-3-7(4-2-6)11(15)19/h1-4,10H,5H2,(H2,15,19)(H,20,21). The molecule has 21 heavy (non-hydrogen) atoms. The van der Waals surface area contributed by atoms with Crippen LogP contribution in [0, 0.1) is 0 Å². The van der Waals surface area contributed by atoms with E-state index in [1.54, 1.807) is 0 Å². The van der Waals surface area contributed by atoms with Gasteiger partial charge in [-0.3, -0.25) is 4.79 Å². The Morgan fingerprint density at radius 3 is 2.38 bits per heavy atom. The molecule has 0 fully saturated rings. The summed E-state index contributed by atoms with van der Waals surface area (Å²) in [6.07, 6.45) is -3.02. The number of hydrogen-bond donors (Lipinski definition) is 2. The van der Waals surface area contributed by atoms with E-state index in [0.717, 1.165) is 4.68 Å². The van der Waals surface area contributed by atoms with E-state index in [0.29, 0.717) is 5.56 Å². The first-order chi connectivity index (χ1) is 9.90. The highest BCUT2D eigenvalue weighted by molar-refractivity contribution is 5.92. The lowest BCUT2D eigenvalue weighted by Crippen LogP contribution is -2.12. The second-order valence-electron chi connectivity index (χ2n) is 4.15. The quantitative estimate of drug-likeness (QED) is 0.857. The number of carboxylic acid groups (broad SMARTS) is 1. The lowest BCUT2D eigenvalue weighted by Gasteiger charge is -2.06. The first-order valence-corrected chi connectivity index (χ1v) is 5.73. The first kappa shape index (κ1) is 14.6. The van der Waals surface area contributed by atoms with E-state index in [9.17, 15) is 18.4 Å². The zero-order valence-corrected chi connectivity index (χ0v) is 10.5. The number of carbonyl (C=O) groups excluding carboxylic acids is 1. The van der Waals surface area contributed by atoms with Gasteiger partial charge in [0.2, 0.25) is 5.91 Å². The highest BCUT2D eigenvalue weighted by Crippen LogP contribution is 2.22. The third-order valence-corrected chi connectivity index (χ3v) is 2.75. The summed E-state index contributed by atoms with van der Waals surface area (Å²) in [5.41, 5.74) is 4.37. The topological polar surface area (TPSA) is 111 Å². The van der Waals surface area contributed by atoms with Gasteiger partial charge in [-0.25, -0.2) is 18.3 Å². The number of hydrogen-bond acceptors (Lipinski definition) is 4. The molecule has 2 rings (SSSR count). The third-order valence-electron chi connectivity index (χ3n) is 2.75. The van der Waals surface area contributed by atoms with E-state index in [2.05, 4.69) is 10.3 Å². The van der Waals surface area contributed by atoms with Crippen LogP contribution < -0.4 is 5.73 Å². The molecule has 110 valence electrons. The number of aromatic nitrogens is 3. The minimum atomic E-state index is -3.02. The van der Waals surface area contributed by atoms with E-state index in [1.807, 2.05) is 0 Å². The van der Waals surface area contributed by atoms with Crippen LogP contribution in [-0.2, 0) is 6.54 Å². The Morgan fingerprint density at radius 1 is 1.29 bits per heavy atom. The number of benzene rings is 1. The molecule has 0 saturated heterocycles. The second kappa shape index (κ2) is 5.65. The number of aromatic carboxylic acids is 1. The van der Waals surface area contributed by atoms with Crippen molar-refractivity contribution in [2.45, 2.75) is 13.0 Å². The average Bonchev–Trinajstić information content (AvgIpc) is 2.83. The Labute approximate surface area is 117 Å². The number of rotatable bonds is 5. The van der Waals surface area contributed by atoms with Crippen molar-refractivity contribution in [2.24, 2.45) is 5.73 Å². The third kappa shape index (κ3) is 3.02. The average molecular weight is 296 g/mol. The number of alkyl halides is 2. The number of carboxylic acids is 1.